The lowest BCUT2D eigenvalue weighted by Gasteiger charge is -2.34. The number of piperidine rings is 1. The molecule has 0 saturated carbocycles. The fourth-order valence-corrected chi connectivity index (χ4v) is 6.81. The minimum Gasteiger partial charge on any atom is -0.436 e. The SMILES string of the molecule is CC(=O)NCC1CCN(Cc2cc(Oc3cnc(N4CCN(CCCS(N)(=O)=O)CC4)nc3)nc(-c3cc(Cl)cc(Cl)c3)c2)CC1. The molecule has 15 heteroatoms. The van der Waals surface area contributed by atoms with Crippen molar-refractivity contribution in [1.82, 2.24) is 30.1 Å². The molecule has 2 aliphatic rings. The van der Waals surface area contributed by atoms with Crippen LogP contribution < -0.4 is 20.1 Å². The van der Waals surface area contributed by atoms with Crippen LogP contribution in [-0.4, -0.2) is 97.2 Å². The Balaban J connectivity index is 1.24. The Bertz CT molecular complexity index is 1580. The highest BCUT2D eigenvalue weighted by Gasteiger charge is 2.22. The van der Waals surface area contributed by atoms with Gasteiger partial charge in [-0.05, 0) is 74.6 Å². The molecule has 3 aromatic rings. The van der Waals surface area contributed by atoms with Crippen molar-refractivity contribution >= 4 is 45.1 Å². The van der Waals surface area contributed by atoms with E-state index in [1.54, 1.807) is 25.4 Å². The highest BCUT2D eigenvalue weighted by molar-refractivity contribution is 7.89. The van der Waals surface area contributed by atoms with E-state index in [0.717, 1.165) is 76.3 Å². The van der Waals surface area contributed by atoms with Crippen LogP contribution in [0.2, 0.25) is 10.0 Å². The second-order valence-corrected chi connectivity index (χ2v) is 14.5. The van der Waals surface area contributed by atoms with Crippen molar-refractivity contribution in [2.45, 2.75) is 32.7 Å². The summed E-state index contributed by atoms with van der Waals surface area (Å²) in [7, 11) is -3.44. The van der Waals surface area contributed by atoms with Crippen molar-refractivity contribution in [3.05, 3.63) is 58.3 Å². The van der Waals surface area contributed by atoms with Crippen LogP contribution in [0.1, 0.15) is 31.7 Å². The smallest absolute Gasteiger partial charge is 0.225 e. The molecule has 4 heterocycles. The number of sulfonamides is 1. The zero-order valence-corrected chi connectivity index (χ0v) is 28.2. The molecule has 46 heavy (non-hydrogen) atoms. The summed E-state index contributed by atoms with van der Waals surface area (Å²) in [5.74, 6) is 1.96. The Hall–Kier alpha value is -3.07. The first kappa shape index (κ1) is 34.3. The van der Waals surface area contributed by atoms with E-state index in [1.165, 1.54) is 0 Å². The molecule has 1 aromatic carbocycles. The highest BCUT2D eigenvalue weighted by atomic mass is 35.5. The van der Waals surface area contributed by atoms with Crippen molar-refractivity contribution in [3.63, 3.8) is 0 Å². The summed E-state index contributed by atoms with van der Waals surface area (Å²) in [6.45, 7) is 8.57. The highest BCUT2D eigenvalue weighted by Crippen LogP contribution is 2.31. The summed E-state index contributed by atoms with van der Waals surface area (Å²) >= 11 is 12.6. The molecule has 0 radical (unpaired) electrons. The van der Waals surface area contributed by atoms with Gasteiger partial charge in [0.05, 0.1) is 23.8 Å². The minimum atomic E-state index is -3.44. The van der Waals surface area contributed by atoms with Gasteiger partial charge in [0.25, 0.3) is 0 Å². The van der Waals surface area contributed by atoms with Gasteiger partial charge in [-0.2, -0.15) is 0 Å². The number of hydrogen-bond acceptors (Lipinski definition) is 10. The number of carbonyl (C=O) groups is 1. The molecule has 2 saturated heterocycles. The summed E-state index contributed by atoms with van der Waals surface area (Å²) in [5, 5.41) is 9.09. The van der Waals surface area contributed by atoms with Crippen LogP contribution in [0.25, 0.3) is 11.3 Å². The van der Waals surface area contributed by atoms with Gasteiger partial charge in [-0.15, -0.1) is 0 Å². The van der Waals surface area contributed by atoms with E-state index in [2.05, 4.69) is 30.0 Å². The lowest BCUT2D eigenvalue weighted by Crippen LogP contribution is -2.47. The summed E-state index contributed by atoms with van der Waals surface area (Å²) in [6, 6.07) is 9.31. The van der Waals surface area contributed by atoms with Crippen molar-refractivity contribution in [3.8, 4) is 22.9 Å². The lowest BCUT2D eigenvalue weighted by atomic mass is 9.96. The quantitative estimate of drug-likeness (QED) is 0.288. The van der Waals surface area contributed by atoms with Crippen LogP contribution in [0, 0.1) is 5.92 Å². The van der Waals surface area contributed by atoms with E-state index in [0.29, 0.717) is 52.2 Å². The van der Waals surface area contributed by atoms with Crippen LogP contribution in [-0.2, 0) is 21.4 Å². The number of anilines is 1. The van der Waals surface area contributed by atoms with Crippen molar-refractivity contribution in [2.75, 3.05) is 63.0 Å². The van der Waals surface area contributed by atoms with E-state index in [4.69, 9.17) is 38.1 Å². The molecule has 0 aliphatic carbocycles. The van der Waals surface area contributed by atoms with Gasteiger partial charge in [-0.25, -0.2) is 28.5 Å². The molecule has 3 N–H and O–H groups in total. The van der Waals surface area contributed by atoms with Crippen LogP contribution >= 0.6 is 23.2 Å². The van der Waals surface area contributed by atoms with Gasteiger partial charge < -0.3 is 15.0 Å². The number of nitrogens with two attached hydrogens (primary N) is 1. The van der Waals surface area contributed by atoms with E-state index >= 15 is 0 Å². The standard InChI is InChI=1S/C31H40Cl2N8O4S/c1-22(42)35-18-23-3-6-40(7-4-23)21-24-13-29(25-15-26(32)17-27(33)16-25)38-30(14-24)45-28-19-36-31(37-20-28)41-10-8-39(9-11-41)5-2-12-46(34,43)44/h13-17,19-20,23H,2-12,18,21H2,1H3,(H,35,42)(H2,34,43,44). The molecular weight excluding hydrogens is 651 g/mol. The summed E-state index contributed by atoms with van der Waals surface area (Å²) in [4.78, 5) is 31.9. The van der Waals surface area contributed by atoms with Gasteiger partial charge in [0.1, 0.15) is 0 Å². The monoisotopic (exact) mass is 690 g/mol. The van der Waals surface area contributed by atoms with Gasteiger partial charge in [-0.1, -0.05) is 23.2 Å². The topological polar surface area (TPSA) is 147 Å². The fourth-order valence-electron chi connectivity index (χ4n) is 5.75. The van der Waals surface area contributed by atoms with E-state index in [9.17, 15) is 13.2 Å². The van der Waals surface area contributed by atoms with E-state index in [1.807, 2.05) is 24.3 Å². The number of likely N-dealkylation sites (tertiary alicyclic amines) is 1. The molecule has 0 atom stereocenters. The zero-order chi connectivity index (χ0) is 32.7. The number of ether oxygens (including phenoxy) is 1. The zero-order valence-electron chi connectivity index (χ0n) is 25.9. The van der Waals surface area contributed by atoms with Gasteiger partial charge in [-0.3, -0.25) is 14.6 Å². The molecule has 0 spiro atoms. The number of amides is 1. The number of nitrogens with zero attached hydrogens (tertiary/aromatic N) is 6. The van der Waals surface area contributed by atoms with Crippen LogP contribution in [0.5, 0.6) is 11.6 Å². The molecule has 1 amide bonds. The third kappa shape index (κ3) is 10.5. The maximum atomic E-state index is 11.3. The molecule has 2 aliphatic heterocycles. The van der Waals surface area contributed by atoms with Gasteiger partial charge in [0.15, 0.2) is 5.75 Å². The average Bonchev–Trinajstić information content (AvgIpc) is 3.00. The number of carbonyl (C=O) groups excluding carboxylic acids is 1. The van der Waals surface area contributed by atoms with Gasteiger partial charge >= 0.3 is 0 Å². The molecule has 248 valence electrons. The third-order valence-corrected chi connectivity index (χ3v) is 9.46. The van der Waals surface area contributed by atoms with Crippen LogP contribution in [0.3, 0.4) is 0 Å². The van der Waals surface area contributed by atoms with E-state index in [-0.39, 0.29) is 11.7 Å². The Morgan fingerprint density at radius 2 is 1.65 bits per heavy atom. The maximum Gasteiger partial charge on any atom is 0.225 e. The van der Waals surface area contributed by atoms with E-state index < -0.39 is 10.0 Å². The molecule has 0 bridgehead atoms. The van der Waals surface area contributed by atoms with Gasteiger partial charge in [0.2, 0.25) is 27.8 Å². The third-order valence-electron chi connectivity index (χ3n) is 8.17. The number of halogens is 2. The molecule has 0 unspecified atom stereocenters. The van der Waals surface area contributed by atoms with Crippen molar-refractivity contribution < 1.29 is 17.9 Å². The number of aromatic nitrogens is 3. The number of benzene rings is 1. The van der Waals surface area contributed by atoms with Crippen molar-refractivity contribution in [1.29, 1.82) is 0 Å². The number of nitrogens with one attached hydrogen (secondary N) is 1. The minimum absolute atomic E-state index is 0.00985. The normalized spacial score (nSPS) is 16.8. The molecule has 5 rings (SSSR count). The van der Waals surface area contributed by atoms with Gasteiger partial charge in [0, 0.05) is 67.9 Å². The lowest BCUT2D eigenvalue weighted by molar-refractivity contribution is -0.119. The number of pyridine rings is 1. The molecular formula is C31H40Cl2N8O4S. The fraction of sp³-hybridized carbons (Fsp3) is 0.484. The maximum absolute atomic E-state index is 11.3. The summed E-state index contributed by atoms with van der Waals surface area (Å²) < 4.78 is 28.6. The number of rotatable bonds is 12. The summed E-state index contributed by atoms with van der Waals surface area (Å²) in [5.41, 5.74) is 2.52. The molecule has 12 nitrogen and oxygen atoms in total. The number of hydrogen-bond donors (Lipinski definition) is 2. The Labute approximate surface area is 280 Å². The van der Waals surface area contributed by atoms with Crippen LogP contribution in [0.4, 0.5) is 5.95 Å². The first-order valence-corrected chi connectivity index (χ1v) is 17.9. The second kappa shape index (κ2) is 15.7. The second-order valence-electron chi connectivity index (χ2n) is 11.9. The predicted octanol–water partition coefficient (Wildman–Crippen LogP) is 3.79. The van der Waals surface area contributed by atoms with Crippen molar-refractivity contribution in [2.24, 2.45) is 11.1 Å². The van der Waals surface area contributed by atoms with Crippen LogP contribution in [0.15, 0.2) is 42.7 Å². The first-order valence-electron chi connectivity index (χ1n) is 15.4. The summed E-state index contributed by atoms with van der Waals surface area (Å²) in [6.07, 6.45) is 5.84. The Kier molecular flexibility index (Phi) is 11.7. The number of primary sulfonamides is 1. The largest absolute Gasteiger partial charge is 0.436 e. The number of piperazine rings is 1. The molecule has 2 aromatic heterocycles. The Morgan fingerprint density at radius 3 is 2.28 bits per heavy atom. The first-order chi connectivity index (χ1) is 22.0. The Morgan fingerprint density at radius 1 is 0.978 bits per heavy atom. The average molecular weight is 692 g/mol. The predicted molar refractivity (Wildman–Crippen MR) is 180 cm³/mol. The molecule has 2 fully saturated rings.